The molecule has 5 nitrogen and oxygen atoms in total. The van der Waals surface area contributed by atoms with Crippen molar-refractivity contribution in [3.63, 3.8) is 0 Å². The summed E-state index contributed by atoms with van der Waals surface area (Å²) in [6.07, 6.45) is 6.16. The quantitative estimate of drug-likeness (QED) is 0.794. The number of aromatic nitrogens is 1. The Bertz CT molecular complexity index is 813. The number of benzene rings is 1. The lowest BCUT2D eigenvalue weighted by Gasteiger charge is -2.30. The number of hydrogen-bond acceptors (Lipinski definition) is 4. The van der Waals surface area contributed by atoms with E-state index in [1.54, 1.807) is 13.3 Å². The number of carbonyl (C=O) groups excluding carboxylic acids is 1. The van der Waals surface area contributed by atoms with E-state index in [1.807, 2.05) is 29.2 Å². The van der Waals surface area contributed by atoms with E-state index in [9.17, 15) is 4.79 Å². The average molecular weight is 380 g/mol. The smallest absolute Gasteiger partial charge is 0.255 e. The zero-order chi connectivity index (χ0) is 19.5. The molecule has 2 aliphatic rings. The average Bonchev–Trinajstić information content (AvgIpc) is 3.24. The van der Waals surface area contributed by atoms with Crippen LogP contribution in [0.15, 0.2) is 42.6 Å². The molecule has 2 fully saturated rings. The van der Waals surface area contributed by atoms with E-state index in [0.29, 0.717) is 17.5 Å². The number of hydrogen-bond donors (Lipinski definition) is 0. The molecule has 1 aromatic carbocycles. The minimum Gasteiger partial charge on any atom is -0.497 e. The molecule has 0 aliphatic carbocycles. The number of rotatable bonds is 4. The van der Waals surface area contributed by atoms with Crippen LogP contribution in [0.1, 0.15) is 54.6 Å². The Morgan fingerprint density at radius 2 is 1.93 bits per heavy atom. The molecule has 1 unspecified atom stereocenters. The van der Waals surface area contributed by atoms with Gasteiger partial charge in [0.2, 0.25) is 0 Å². The summed E-state index contributed by atoms with van der Waals surface area (Å²) in [5.41, 5.74) is 1.94. The lowest BCUT2D eigenvalue weighted by atomic mass is 9.99. The van der Waals surface area contributed by atoms with Gasteiger partial charge < -0.3 is 14.5 Å². The van der Waals surface area contributed by atoms with Gasteiger partial charge in [-0.25, -0.2) is 4.98 Å². The van der Waals surface area contributed by atoms with Gasteiger partial charge in [-0.1, -0.05) is 19.1 Å². The number of carbonyl (C=O) groups is 1. The summed E-state index contributed by atoms with van der Waals surface area (Å²) in [6.45, 7) is 4.94. The van der Waals surface area contributed by atoms with E-state index in [2.05, 4.69) is 28.9 Å². The topological polar surface area (TPSA) is 45.7 Å². The molecule has 0 spiro atoms. The van der Waals surface area contributed by atoms with Crippen molar-refractivity contribution in [2.45, 2.75) is 38.6 Å². The van der Waals surface area contributed by atoms with Crippen molar-refractivity contribution in [1.29, 1.82) is 0 Å². The second kappa shape index (κ2) is 8.21. The third-order valence-electron chi connectivity index (χ3n) is 6.09. The van der Waals surface area contributed by atoms with Crippen LogP contribution in [0, 0.1) is 5.92 Å². The molecule has 3 heterocycles. The van der Waals surface area contributed by atoms with Crippen molar-refractivity contribution in [2.75, 3.05) is 31.6 Å². The number of likely N-dealkylation sites (tertiary alicyclic amines) is 1. The fraction of sp³-hybridized carbons (Fsp3) is 0.478. The Morgan fingerprint density at radius 1 is 1.11 bits per heavy atom. The van der Waals surface area contributed by atoms with Crippen molar-refractivity contribution < 1.29 is 9.53 Å². The van der Waals surface area contributed by atoms with Gasteiger partial charge in [-0.05, 0) is 61.4 Å². The minimum atomic E-state index is 0.108. The first kappa shape index (κ1) is 18.8. The first-order valence-corrected chi connectivity index (χ1v) is 10.3. The van der Waals surface area contributed by atoms with E-state index in [-0.39, 0.29) is 5.91 Å². The second-order valence-corrected chi connectivity index (χ2v) is 8.01. The summed E-state index contributed by atoms with van der Waals surface area (Å²) >= 11 is 0. The van der Waals surface area contributed by atoms with E-state index in [0.717, 1.165) is 56.9 Å². The molecule has 28 heavy (non-hydrogen) atoms. The van der Waals surface area contributed by atoms with Gasteiger partial charge >= 0.3 is 0 Å². The van der Waals surface area contributed by atoms with E-state index in [4.69, 9.17) is 4.74 Å². The first-order valence-electron chi connectivity index (χ1n) is 10.3. The molecular weight excluding hydrogens is 350 g/mol. The summed E-state index contributed by atoms with van der Waals surface area (Å²) < 4.78 is 5.39. The van der Waals surface area contributed by atoms with Crippen molar-refractivity contribution in [1.82, 2.24) is 9.88 Å². The lowest BCUT2D eigenvalue weighted by molar-refractivity contribution is 0.0697. The zero-order valence-corrected chi connectivity index (χ0v) is 16.8. The Balaban J connectivity index is 1.49. The van der Waals surface area contributed by atoms with Crippen LogP contribution in [-0.4, -0.2) is 42.5 Å². The number of pyridine rings is 1. The van der Waals surface area contributed by atoms with Crippen LogP contribution in [-0.2, 0) is 0 Å². The van der Waals surface area contributed by atoms with Crippen molar-refractivity contribution in [3.05, 3.63) is 53.7 Å². The summed E-state index contributed by atoms with van der Waals surface area (Å²) in [6, 6.07) is 12.5. The van der Waals surface area contributed by atoms with Crippen LogP contribution in [0.5, 0.6) is 5.75 Å². The molecule has 4 rings (SSSR count). The van der Waals surface area contributed by atoms with Crippen LogP contribution in [0.3, 0.4) is 0 Å². The largest absolute Gasteiger partial charge is 0.497 e. The first-order chi connectivity index (χ1) is 13.7. The molecule has 5 heteroatoms. The Labute approximate surface area is 167 Å². The normalized spacial score (nSPS) is 20.4. The molecule has 0 saturated carbocycles. The molecule has 2 aromatic rings. The van der Waals surface area contributed by atoms with Crippen LogP contribution in [0.2, 0.25) is 0 Å². The SMILES string of the molecule is COc1cccc(C2CCCN2c2ccc(C(=O)N3CCC(C)CC3)cn2)c1. The molecule has 0 N–H and O–H groups in total. The number of amides is 1. The van der Waals surface area contributed by atoms with Crippen molar-refractivity contribution in [2.24, 2.45) is 5.92 Å². The van der Waals surface area contributed by atoms with E-state index in [1.165, 1.54) is 5.56 Å². The molecule has 2 saturated heterocycles. The third kappa shape index (κ3) is 3.84. The molecule has 1 aromatic heterocycles. The number of nitrogens with zero attached hydrogens (tertiary/aromatic N) is 3. The minimum absolute atomic E-state index is 0.108. The highest BCUT2D eigenvalue weighted by Crippen LogP contribution is 2.36. The van der Waals surface area contributed by atoms with E-state index >= 15 is 0 Å². The zero-order valence-electron chi connectivity index (χ0n) is 16.8. The van der Waals surface area contributed by atoms with Gasteiger partial charge in [0.15, 0.2) is 0 Å². The van der Waals surface area contributed by atoms with Crippen molar-refractivity contribution in [3.8, 4) is 5.75 Å². The van der Waals surface area contributed by atoms with Gasteiger partial charge in [0.05, 0.1) is 18.7 Å². The molecule has 2 aliphatic heterocycles. The molecule has 0 radical (unpaired) electrons. The summed E-state index contributed by atoms with van der Waals surface area (Å²) in [7, 11) is 1.70. The third-order valence-corrected chi connectivity index (χ3v) is 6.09. The predicted octanol–water partition coefficient (Wildman–Crippen LogP) is 4.30. The molecule has 1 atom stereocenters. The van der Waals surface area contributed by atoms with Crippen LogP contribution in [0.25, 0.3) is 0 Å². The summed E-state index contributed by atoms with van der Waals surface area (Å²) in [5, 5.41) is 0. The Kier molecular flexibility index (Phi) is 5.51. The van der Waals surface area contributed by atoms with Crippen LogP contribution in [0.4, 0.5) is 5.82 Å². The highest BCUT2D eigenvalue weighted by molar-refractivity contribution is 5.94. The van der Waals surface area contributed by atoms with Crippen LogP contribution < -0.4 is 9.64 Å². The summed E-state index contributed by atoms with van der Waals surface area (Å²) in [4.78, 5) is 21.7. The van der Waals surface area contributed by atoms with E-state index < -0.39 is 0 Å². The highest BCUT2D eigenvalue weighted by atomic mass is 16.5. The summed E-state index contributed by atoms with van der Waals surface area (Å²) in [5.74, 6) is 2.65. The number of methoxy groups -OCH3 is 1. The molecule has 0 bridgehead atoms. The maximum absolute atomic E-state index is 12.8. The van der Waals surface area contributed by atoms with Gasteiger partial charge in [-0.3, -0.25) is 4.79 Å². The number of anilines is 1. The van der Waals surface area contributed by atoms with Crippen molar-refractivity contribution >= 4 is 11.7 Å². The van der Waals surface area contributed by atoms with Crippen LogP contribution >= 0.6 is 0 Å². The molecular formula is C23H29N3O2. The highest BCUT2D eigenvalue weighted by Gasteiger charge is 2.28. The van der Waals surface area contributed by atoms with Gasteiger partial charge in [-0.15, -0.1) is 0 Å². The Morgan fingerprint density at radius 3 is 2.64 bits per heavy atom. The maximum atomic E-state index is 12.8. The Hall–Kier alpha value is -2.56. The number of ether oxygens (including phenoxy) is 1. The lowest BCUT2D eigenvalue weighted by Crippen LogP contribution is -2.38. The van der Waals surface area contributed by atoms with Gasteiger partial charge in [-0.2, -0.15) is 0 Å². The predicted molar refractivity (Wildman–Crippen MR) is 111 cm³/mol. The maximum Gasteiger partial charge on any atom is 0.255 e. The fourth-order valence-electron chi connectivity index (χ4n) is 4.31. The van der Waals surface area contributed by atoms with Gasteiger partial charge in [0, 0.05) is 25.8 Å². The van der Waals surface area contributed by atoms with Gasteiger partial charge in [0.1, 0.15) is 11.6 Å². The van der Waals surface area contributed by atoms with Gasteiger partial charge in [0.25, 0.3) is 5.91 Å². The molecule has 1 amide bonds. The standard InChI is InChI=1S/C23H29N3O2/c1-17-10-13-25(14-11-17)23(27)19-8-9-22(24-16-19)26-12-4-7-21(26)18-5-3-6-20(15-18)28-2/h3,5-6,8-9,15-17,21H,4,7,10-14H2,1-2H3. The molecule has 148 valence electrons. The fourth-order valence-corrected chi connectivity index (χ4v) is 4.31. The monoisotopic (exact) mass is 379 g/mol. The number of piperidine rings is 1. The second-order valence-electron chi connectivity index (χ2n) is 8.01.